The maximum atomic E-state index is 9.35. The molecule has 66 valence electrons. The summed E-state index contributed by atoms with van der Waals surface area (Å²) in [6.07, 6.45) is -1.05. The van der Waals surface area contributed by atoms with Crippen molar-refractivity contribution < 1.29 is 10.2 Å². The summed E-state index contributed by atoms with van der Waals surface area (Å²) in [6, 6.07) is 6.38. The van der Waals surface area contributed by atoms with E-state index in [0.29, 0.717) is 5.56 Å². The van der Waals surface area contributed by atoms with Crippen LogP contribution in [-0.4, -0.2) is 15.0 Å². The molecule has 12 heavy (non-hydrogen) atoms. The topological polar surface area (TPSA) is 40.5 Å². The number of para-hydroxylation sites is 1. The molecule has 0 aromatic heterocycles. The van der Waals surface area contributed by atoms with Crippen LogP contribution >= 0.6 is 23.2 Å². The van der Waals surface area contributed by atoms with E-state index in [-0.39, 0.29) is 5.75 Å². The highest BCUT2D eigenvalue weighted by Crippen LogP contribution is 2.29. The van der Waals surface area contributed by atoms with Crippen LogP contribution in [0.5, 0.6) is 5.75 Å². The third kappa shape index (κ3) is 2.03. The molecule has 0 aliphatic carbocycles. The van der Waals surface area contributed by atoms with E-state index in [1.54, 1.807) is 18.2 Å². The molecular formula is C8H8Cl2O2. The molecule has 0 saturated carbocycles. The van der Waals surface area contributed by atoms with Gasteiger partial charge in [-0.1, -0.05) is 18.2 Å². The van der Waals surface area contributed by atoms with E-state index in [1.165, 1.54) is 6.07 Å². The van der Waals surface area contributed by atoms with Crippen molar-refractivity contribution in [3.8, 4) is 5.75 Å². The molecule has 0 aliphatic heterocycles. The molecule has 0 fully saturated rings. The van der Waals surface area contributed by atoms with Crippen LogP contribution in [0.1, 0.15) is 11.7 Å². The van der Waals surface area contributed by atoms with Gasteiger partial charge in [-0.05, 0) is 6.07 Å². The average Bonchev–Trinajstić information content (AvgIpc) is 2.04. The summed E-state index contributed by atoms with van der Waals surface area (Å²) < 4.78 is 0. The third-order valence-electron chi connectivity index (χ3n) is 1.49. The lowest BCUT2D eigenvalue weighted by molar-refractivity contribution is 0.188. The van der Waals surface area contributed by atoms with Gasteiger partial charge in [0.15, 0.2) is 0 Å². The van der Waals surface area contributed by atoms with E-state index in [2.05, 4.69) is 0 Å². The Hall–Kier alpha value is -0.440. The first kappa shape index (κ1) is 9.65. The number of aliphatic hydroxyl groups excluding tert-OH is 1. The standard InChI is InChI=1S/C8H8Cl2O2/c9-8(10)7(12)5-3-1-2-4-6(5)11/h1-4,7-8,11-12H. The number of alkyl halides is 2. The summed E-state index contributed by atoms with van der Waals surface area (Å²) in [5.74, 6) is -0.00343. The zero-order valence-corrected chi connectivity index (χ0v) is 7.63. The van der Waals surface area contributed by atoms with Crippen molar-refractivity contribution in [2.24, 2.45) is 0 Å². The van der Waals surface area contributed by atoms with Crippen molar-refractivity contribution in [2.75, 3.05) is 0 Å². The van der Waals surface area contributed by atoms with Crippen molar-refractivity contribution in [1.82, 2.24) is 0 Å². The van der Waals surface area contributed by atoms with Crippen molar-refractivity contribution in [3.05, 3.63) is 29.8 Å². The van der Waals surface area contributed by atoms with Gasteiger partial charge in [-0.2, -0.15) is 0 Å². The molecule has 0 amide bonds. The Morgan fingerprint density at radius 2 is 1.75 bits per heavy atom. The van der Waals surface area contributed by atoms with Gasteiger partial charge in [0.25, 0.3) is 0 Å². The number of hydrogen-bond donors (Lipinski definition) is 2. The number of aromatic hydroxyl groups is 1. The lowest BCUT2D eigenvalue weighted by Crippen LogP contribution is -2.05. The Labute approximate surface area is 80.4 Å². The van der Waals surface area contributed by atoms with Gasteiger partial charge in [0.1, 0.15) is 16.7 Å². The van der Waals surface area contributed by atoms with Crippen molar-refractivity contribution in [3.63, 3.8) is 0 Å². The zero-order chi connectivity index (χ0) is 9.14. The fourth-order valence-corrected chi connectivity index (χ4v) is 1.14. The summed E-state index contributed by atoms with van der Waals surface area (Å²) in [6.45, 7) is 0. The number of hydrogen-bond acceptors (Lipinski definition) is 2. The Morgan fingerprint density at radius 3 is 2.25 bits per heavy atom. The van der Waals surface area contributed by atoms with Crippen LogP contribution in [0.3, 0.4) is 0 Å². The molecule has 2 N–H and O–H groups in total. The van der Waals surface area contributed by atoms with E-state index < -0.39 is 10.9 Å². The molecule has 0 spiro atoms. The second-order valence-corrected chi connectivity index (χ2v) is 3.50. The Bertz CT molecular complexity index is 263. The highest BCUT2D eigenvalue weighted by molar-refractivity contribution is 6.44. The summed E-state index contributed by atoms with van der Waals surface area (Å²) in [5, 5.41) is 18.6. The third-order valence-corrected chi connectivity index (χ3v) is 1.97. The lowest BCUT2D eigenvalue weighted by atomic mass is 10.1. The second-order valence-electron chi connectivity index (χ2n) is 2.34. The summed E-state index contributed by atoms with van der Waals surface area (Å²) in [4.78, 5) is -0.932. The molecule has 0 aliphatic rings. The number of halogens is 2. The Balaban J connectivity index is 2.94. The fraction of sp³-hybridized carbons (Fsp3) is 0.250. The van der Waals surface area contributed by atoms with Gasteiger partial charge >= 0.3 is 0 Å². The molecule has 1 unspecified atom stereocenters. The number of phenols is 1. The lowest BCUT2D eigenvalue weighted by Gasteiger charge is -2.12. The first-order chi connectivity index (χ1) is 5.63. The van der Waals surface area contributed by atoms with Gasteiger partial charge in [0.2, 0.25) is 0 Å². The van der Waals surface area contributed by atoms with E-state index in [9.17, 15) is 10.2 Å². The van der Waals surface area contributed by atoms with Crippen molar-refractivity contribution in [2.45, 2.75) is 10.9 Å². The normalized spacial score (nSPS) is 13.3. The molecule has 4 heteroatoms. The van der Waals surface area contributed by atoms with E-state index in [0.717, 1.165) is 0 Å². The van der Waals surface area contributed by atoms with Gasteiger partial charge in [0.05, 0.1) is 0 Å². The number of aliphatic hydroxyl groups is 1. The first-order valence-electron chi connectivity index (χ1n) is 3.37. The van der Waals surface area contributed by atoms with E-state index in [4.69, 9.17) is 23.2 Å². The van der Waals surface area contributed by atoms with Crippen LogP contribution in [0, 0.1) is 0 Å². The largest absolute Gasteiger partial charge is 0.508 e. The maximum Gasteiger partial charge on any atom is 0.137 e. The van der Waals surface area contributed by atoms with Crippen LogP contribution in [0.15, 0.2) is 24.3 Å². The Kier molecular flexibility index (Phi) is 3.20. The van der Waals surface area contributed by atoms with Crippen molar-refractivity contribution in [1.29, 1.82) is 0 Å². The zero-order valence-electron chi connectivity index (χ0n) is 6.11. The molecule has 1 rings (SSSR count). The molecule has 1 aromatic carbocycles. The van der Waals surface area contributed by atoms with Crippen LogP contribution in [-0.2, 0) is 0 Å². The van der Waals surface area contributed by atoms with Crippen LogP contribution in [0.4, 0.5) is 0 Å². The highest BCUT2D eigenvalue weighted by atomic mass is 35.5. The van der Waals surface area contributed by atoms with E-state index >= 15 is 0 Å². The van der Waals surface area contributed by atoms with Gasteiger partial charge < -0.3 is 10.2 Å². The summed E-state index contributed by atoms with van der Waals surface area (Å²) in [5.41, 5.74) is 0.340. The van der Waals surface area contributed by atoms with Crippen LogP contribution < -0.4 is 0 Å². The summed E-state index contributed by atoms with van der Waals surface area (Å²) in [7, 11) is 0. The van der Waals surface area contributed by atoms with Crippen LogP contribution in [0.25, 0.3) is 0 Å². The first-order valence-corrected chi connectivity index (χ1v) is 4.24. The second kappa shape index (κ2) is 3.99. The maximum absolute atomic E-state index is 9.35. The molecule has 1 aromatic rings. The van der Waals surface area contributed by atoms with Gasteiger partial charge in [0, 0.05) is 5.56 Å². The van der Waals surface area contributed by atoms with Gasteiger partial charge in [-0.3, -0.25) is 0 Å². The smallest absolute Gasteiger partial charge is 0.137 e. The van der Waals surface area contributed by atoms with Crippen LogP contribution in [0.2, 0.25) is 0 Å². The molecule has 0 saturated heterocycles. The van der Waals surface area contributed by atoms with E-state index in [1.807, 2.05) is 0 Å². The monoisotopic (exact) mass is 206 g/mol. The fourth-order valence-electron chi connectivity index (χ4n) is 0.873. The predicted molar refractivity (Wildman–Crippen MR) is 48.6 cm³/mol. The minimum Gasteiger partial charge on any atom is -0.508 e. The molecular weight excluding hydrogens is 199 g/mol. The molecule has 1 atom stereocenters. The predicted octanol–water partition coefficient (Wildman–Crippen LogP) is 2.23. The SMILES string of the molecule is Oc1ccccc1C(O)C(Cl)Cl. The van der Waals surface area contributed by atoms with Crippen molar-refractivity contribution >= 4 is 23.2 Å². The molecule has 0 bridgehead atoms. The molecule has 0 radical (unpaired) electrons. The number of rotatable bonds is 2. The quantitative estimate of drug-likeness (QED) is 0.730. The average molecular weight is 207 g/mol. The highest BCUT2D eigenvalue weighted by Gasteiger charge is 2.18. The number of phenolic OH excluding ortho intramolecular Hbond substituents is 1. The molecule has 0 heterocycles. The van der Waals surface area contributed by atoms with Gasteiger partial charge in [-0.15, -0.1) is 23.2 Å². The van der Waals surface area contributed by atoms with Gasteiger partial charge in [-0.25, -0.2) is 0 Å². The summed E-state index contributed by atoms with van der Waals surface area (Å²) >= 11 is 10.9. The Morgan fingerprint density at radius 1 is 1.17 bits per heavy atom. The minimum absolute atomic E-state index is 0.00343. The number of benzene rings is 1. The minimum atomic E-state index is -1.05. The molecule has 2 nitrogen and oxygen atoms in total.